The zero-order valence-corrected chi connectivity index (χ0v) is 14.5. The second-order valence-corrected chi connectivity index (χ2v) is 5.77. The SMILES string of the molecule is COc1ccc(-c2cc(CC(=O)Nc3cccc(C(C)=O)c3)no2)cc1. The van der Waals surface area contributed by atoms with Gasteiger partial charge in [-0.15, -0.1) is 0 Å². The number of carbonyl (C=O) groups is 2. The standard InChI is InChI=1S/C20H18N2O4/c1-13(23)15-4-3-5-16(10-15)21-20(24)12-17-11-19(26-22-17)14-6-8-18(25-2)9-7-14/h3-11H,12H2,1-2H3,(H,21,24). The quantitative estimate of drug-likeness (QED) is 0.685. The Morgan fingerprint density at radius 3 is 2.58 bits per heavy atom. The van der Waals surface area contributed by atoms with Gasteiger partial charge in [-0.3, -0.25) is 9.59 Å². The minimum atomic E-state index is -0.236. The largest absolute Gasteiger partial charge is 0.497 e. The van der Waals surface area contributed by atoms with Crippen molar-refractivity contribution in [3.05, 3.63) is 65.9 Å². The topological polar surface area (TPSA) is 81.4 Å². The van der Waals surface area contributed by atoms with Crippen molar-refractivity contribution in [2.75, 3.05) is 12.4 Å². The summed E-state index contributed by atoms with van der Waals surface area (Å²) in [6.45, 7) is 1.48. The van der Waals surface area contributed by atoms with Gasteiger partial charge in [-0.05, 0) is 43.3 Å². The Kier molecular flexibility index (Phi) is 5.12. The summed E-state index contributed by atoms with van der Waals surface area (Å²) in [5, 5.41) is 6.70. The van der Waals surface area contributed by atoms with Gasteiger partial charge in [0.2, 0.25) is 5.91 Å². The lowest BCUT2D eigenvalue weighted by molar-refractivity contribution is -0.115. The smallest absolute Gasteiger partial charge is 0.230 e. The van der Waals surface area contributed by atoms with E-state index in [1.165, 1.54) is 6.92 Å². The summed E-state index contributed by atoms with van der Waals surface area (Å²) in [4.78, 5) is 23.6. The van der Waals surface area contributed by atoms with Crippen LogP contribution in [0.4, 0.5) is 5.69 Å². The average molecular weight is 350 g/mol. The highest BCUT2D eigenvalue weighted by atomic mass is 16.5. The molecule has 0 aliphatic carbocycles. The predicted molar refractivity (Wildman–Crippen MR) is 97.3 cm³/mol. The molecule has 0 atom stereocenters. The maximum atomic E-state index is 12.2. The predicted octanol–water partition coefficient (Wildman–Crippen LogP) is 3.73. The number of aromatic nitrogens is 1. The molecule has 0 saturated heterocycles. The first-order valence-corrected chi connectivity index (χ1v) is 8.06. The van der Waals surface area contributed by atoms with Crippen molar-refractivity contribution >= 4 is 17.4 Å². The molecule has 1 N–H and O–H groups in total. The third kappa shape index (κ3) is 4.16. The van der Waals surface area contributed by atoms with Crippen molar-refractivity contribution in [3.63, 3.8) is 0 Å². The molecule has 0 bridgehead atoms. The molecule has 3 rings (SSSR count). The number of ether oxygens (including phenoxy) is 1. The molecule has 1 amide bonds. The summed E-state index contributed by atoms with van der Waals surface area (Å²) in [5.41, 5.74) is 2.49. The second-order valence-electron chi connectivity index (χ2n) is 5.77. The maximum Gasteiger partial charge on any atom is 0.230 e. The minimum Gasteiger partial charge on any atom is -0.497 e. The van der Waals surface area contributed by atoms with E-state index in [2.05, 4.69) is 10.5 Å². The molecular formula is C20H18N2O4. The van der Waals surface area contributed by atoms with Crippen LogP contribution in [-0.2, 0) is 11.2 Å². The number of amides is 1. The molecule has 6 heteroatoms. The average Bonchev–Trinajstić information content (AvgIpc) is 3.10. The van der Waals surface area contributed by atoms with Gasteiger partial charge in [-0.2, -0.15) is 0 Å². The third-order valence-corrected chi connectivity index (χ3v) is 3.83. The molecule has 0 radical (unpaired) electrons. The van der Waals surface area contributed by atoms with E-state index in [0.29, 0.717) is 22.7 Å². The van der Waals surface area contributed by atoms with Crippen molar-refractivity contribution in [1.82, 2.24) is 5.16 Å². The van der Waals surface area contributed by atoms with Crippen LogP contribution in [0.5, 0.6) is 5.75 Å². The highest BCUT2D eigenvalue weighted by molar-refractivity contribution is 5.97. The molecular weight excluding hydrogens is 332 g/mol. The van der Waals surface area contributed by atoms with Crippen molar-refractivity contribution in [3.8, 4) is 17.1 Å². The lowest BCUT2D eigenvalue weighted by atomic mass is 10.1. The number of hydrogen-bond donors (Lipinski definition) is 1. The number of ketones is 1. The molecule has 0 aliphatic heterocycles. The summed E-state index contributed by atoms with van der Waals surface area (Å²) in [7, 11) is 1.60. The van der Waals surface area contributed by atoms with Crippen molar-refractivity contribution in [1.29, 1.82) is 0 Å². The van der Waals surface area contributed by atoms with Crippen LogP contribution in [0.1, 0.15) is 23.0 Å². The van der Waals surface area contributed by atoms with Gasteiger partial charge in [0, 0.05) is 22.9 Å². The molecule has 0 unspecified atom stereocenters. The Bertz CT molecular complexity index is 929. The van der Waals surface area contributed by atoms with Crippen LogP contribution in [0.2, 0.25) is 0 Å². The molecule has 1 aromatic heterocycles. The fraction of sp³-hybridized carbons (Fsp3) is 0.150. The number of anilines is 1. The zero-order valence-electron chi connectivity index (χ0n) is 14.5. The lowest BCUT2D eigenvalue weighted by Gasteiger charge is -2.05. The van der Waals surface area contributed by atoms with Crippen LogP contribution in [-0.4, -0.2) is 24.0 Å². The van der Waals surface area contributed by atoms with Crippen LogP contribution in [0.3, 0.4) is 0 Å². The number of Topliss-reactive ketones (excluding diaryl/α,β-unsaturated/α-hetero) is 1. The Balaban J connectivity index is 1.65. The summed E-state index contributed by atoms with van der Waals surface area (Å²) < 4.78 is 10.4. The zero-order chi connectivity index (χ0) is 18.5. The van der Waals surface area contributed by atoms with E-state index in [-0.39, 0.29) is 18.1 Å². The Morgan fingerprint density at radius 2 is 1.88 bits per heavy atom. The van der Waals surface area contributed by atoms with Gasteiger partial charge in [0.25, 0.3) is 0 Å². The highest BCUT2D eigenvalue weighted by Gasteiger charge is 2.11. The van der Waals surface area contributed by atoms with Crippen LogP contribution < -0.4 is 10.1 Å². The minimum absolute atomic E-state index is 0.0540. The molecule has 3 aromatic rings. The molecule has 132 valence electrons. The maximum absolute atomic E-state index is 12.2. The van der Waals surface area contributed by atoms with E-state index in [4.69, 9.17) is 9.26 Å². The summed E-state index contributed by atoms with van der Waals surface area (Å²) in [5.74, 6) is 1.04. The molecule has 0 saturated carbocycles. The van der Waals surface area contributed by atoms with E-state index in [1.54, 1.807) is 37.4 Å². The molecule has 26 heavy (non-hydrogen) atoms. The first-order valence-electron chi connectivity index (χ1n) is 8.06. The van der Waals surface area contributed by atoms with E-state index >= 15 is 0 Å². The molecule has 0 fully saturated rings. The summed E-state index contributed by atoms with van der Waals surface area (Å²) in [6, 6.07) is 15.9. The number of benzene rings is 2. The van der Waals surface area contributed by atoms with Gasteiger partial charge < -0.3 is 14.6 Å². The van der Waals surface area contributed by atoms with E-state index < -0.39 is 0 Å². The fourth-order valence-corrected chi connectivity index (χ4v) is 2.47. The lowest BCUT2D eigenvalue weighted by Crippen LogP contribution is -2.14. The van der Waals surface area contributed by atoms with E-state index in [9.17, 15) is 9.59 Å². The Labute approximate surface area is 150 Å². The first-order chi connectivity index (χ1) is 12.5. The monoisotopic (exact) mass is 350 g/mol. The normalized spacial score (nSPS) is 10.4. The summed E-state index contributed by atoms with van der Waals surface area (Å²) >= 11 is 0. The van der Waals surface area contributed by atoms with Crippen LogP contribution >= 0.6 is 0 Å². The fourth-order valence-electron chi connectivity index (χ4n) is 2.47. The van der Waals surface area contributed by atoms with Crippen molar-refractivity contribution < 1.29 is 18.8 Å². The van der Waals surface area contributed by atoms with E-state index in [0.717, 1.165) is 11.3 Å². The number of methoxy groups -OCH3 is 1. The van der Waals surface area contributed by atoms with E-state index in [1.807, 2.05) is 24.3 Å². The number of nitrogens with zero attached hydrogens (tertiary/aromatic N) is 1. The van der Waals surface area contributed by atoms with Crippen molar-refractivity contribution in [2.45, 2.75) is 13.3 Å². The highest BCUT2D eigenvalue weighted by Crippen LogP contribution is 2.23. The number of nitrogens with one attached hydrogen (secondary N) is 1. The van der Waals surface area contributed by atoms with Crippen LogP contribution in [0.25, 0.3) is 11.3 Å². The van der Waals surface area contributed by atoms with Crippen LogP contribution in [0.15, 0.2) is 59.1 Å². The molecule has 2 aromatic carbocycles. The number of carbonyl (C=O) groups excluding carboxylic acids is 2. The van der Waals surface area contributed by atoms with Gasteiger partial charge in [0.1, 0.15) is 5.75 Å². The second kappa shape index (κ2) is 7.65. The molecule has 0 aliphatic rings. The van der Waals surface area contributed by atoms with Gasteiger partial charge in [0.05, 0.1) is 19.2 Å². The van der Waals surface area contributed by atoms with Gasteiger partial charge in [-0.1, -0.05) is 17.3 Å². The van der Waals surface area contributed by atoms with Crippen molar-refractivity contribution in [2.24, 2.45) is 0 Å². The third-order valence-electron chi connectivity index (χ3n) is 3.83. The Hall–Kier alpha value is -3.41. The summed E-state index contributed by atoms with van der Waals surface area (Å²) in [6.07, 6.45) is 0.0734. The van der Waals surface area contributed by atoms with Gasteiger partial charge >= 0.3 is 0 Å². The first kappa shape index (κ1) is 17.4. The van der Waals surface area contributed by atoms with Crippen LogP contribution in [0, 0.1) is 0 Å². The van der Waals surface area contributed by atoms with Gasteiger partial charge in [0.15, 0.2) is 11.5 Å². The number of rotatable bonds is 6. The van der Waals surface area contributed by atoms with Gasteiger partial charge in [-0.25, -0.2) is 0 Å². The number of hydrogen-bond acceptors (Lipinski definition) is 5. The molecule has 0 spiro atoms. The molecule has 6 nitrogen and oxygen atoms in total. The Morgan fingerprint density at radius 1 is 1.12 bits per heavy atom. The molecule has 1 heterocycles.